The van der Waals surface area contributed by atoms with E-state index in [2.05, 4.69) is 53.5 Å². The van der Waals surface area contributed by atoms with E-state index >= 15 is 0 Å². The van der Waals surface area contributed by atoms with Gasteiger partial charge in [-0.3, -0.25) is 4.79 Å². The summed E-state index contributed by atoms with van der Waals surface area (Å²) in [5, 5.41) is 6.02. The smallest absolute Gasteiger partial charge is 0.219 e. The van der Waals surface area contributed by atoms with Crippen molar-refractivity contribution >= 4 is 11.6 Å². The lowest BCUT2D eigenvalue weighted by Crippen LogP contribution is -2.29. The van der Waals surface area contributed by atoms with Gasteiger partial charge in [-0.2, -0.15) is 0 Å². The number of carbonyl (C=O) groups excluding carboxylic acids is 1. The minimum atomic E-state index is 0.0626. The van der Waals surface area contributed by atoms with E-state index in [1.807, 2.05) is 6.08 Å². The van der Waals surface area contributed by atoms with E-state index in [0.29, 0.717) is 12.3 Å². The molecule has 1 aromatic rings. The molecule has 2 unspecified atom stereocenters. The molecule has 3 rings (SSSR count). The van der Waals surface area contributed by atoms with Gasteiger partial charge < -0.3 is 15.5 Å². The van der Waals surface area contributed by atoms with Crippen molar-refractivity contribution in [2.45, 2.75) is 44.2 Å². The topological polar surface area (TPSA) is 44.4 Å². The standard InChI is InChI=1S/C22H29N3O/c1-5-20(7-9-22(26)23-4)25-14-19-13-17(6-8-21(19)16(25)3)18-10-11-24-15(2)12-18/h5-6,8,13,18,20,24H,1-3,7,9-12,14H2,4H3,(H,23,26). The zero-order valence-electron chi connectivity index (χ0n) is 15.7. The first-order valence-electron chi connectivity index (χ1n) is 9.37. The summed E-state index contributed by atoms with van der Waals surface area (Å²) in [7, 11) is 1.67. The summed E-state index contributed by atoms with van der Waals surface area (Å²) in [6, 6.07) is 6.90. The Balaban J connectivity index is 1.74. The molecule has 2 heterocycles. The predicted molar refractivity (Wildman–Crippen MR) is 107 cm³/mol. The van der Waals surface area contributed by atoms with Gasteiger partial charge in [-0.25, -0.2) is 0 Å². The highest BCUT2D eigenvalue weighted by molar-refractivity contribution is 5.75. The van der Waals surface area contributed by atoms with Crippen LogP contribution in [0.5, 0.6) is 0 Å². The number of benzene rings is 1. The van der Waals surface area contributed by atoms with Gasteiger partial charge in [0.15, 0.2) is 0 Å². The van der Waals surface area contributed by atoms with Gasteiger partial charge in [0, 0.05) is 49.6 Å². The van der Waals surface area contributed by atoms with Gasteiger partial charge in [-0.1, -0.05) is 37.4 Å². The molecular formula is C22H29N3O. The van der Waals surface area contributed by atoms with Crippen molar-refractivity contribution < 1.29 is 4.79 Å². The monoisotopic (exact) mass is 351 g/mol. The van der Waals surface area contributed by atoms with Crippen molar-refractivity contribution in [3.8, 4) is 0 Å². The molecule has 2 aliphatic rings. The third kappa shape index (κ3) is 3.69. The average Bonchev–Trinajstić information content (AvgIpc) is 2.98. The summed E-state index contributed by atoms with van der Waals surface area (Å²) in [5.41, 5.74) is 6.09. The maximum Gasteiger partial charge on any atom is 0.219 e. The quantitative estimate of drug-likeness (QED) is 0.771. The molecule has 2 aliphatic heterocycles. The van der Waals surface area contributed by atoms with E-state index in [1.165, 1.54) is 16.7 Å². The van der Waals surface area contributed by atoms with Gasteiger partial charge in [0.05, 0.1) is 0 Å². The highest BCUT2D eigenvalue weighted by Crippen LogP contribution is 2.38. The first-order valence-corrected chi connectivity index (χ1v) is 9.37. The summed E-state index contributed by atoms with van der Waals surface area (Å²) in [6.07, 6.45) is 5.32. The van der Waals surface area contributed by atoms with Crippen LogP contribution in [0.3, 0.4) is 0 Å². The highest BCUT2D eigenvalue weighted by atomic mass is 16.1. The zero-order chi connectivity index (χ0) is 18.7. The number of fused-ring (bicyclic) bond motifs is 1. The number of piperidine rings is 1. The van der Waals surface area contributed by atoms with E-state index in [9.17, 15) is 4.79 Å². The van der Waals surface area contributed by atoms with E-state index in [-0.39, 0.29) is 11.9 Å². The molecule has 1 fully saturated rings. The molecule has 0 aliphatic carbocycles. The summed E-state index contributed by atoms with van der Waals surface area (Å²) < 4.78 is 0. The Kier molecular flexibility index (Phi) is 5.50. The van der Waals surface area contributed by atoms with E-state index in [0.717, 1.165) is 43.7 Å². The lowest BCUT2D eigenvalue weighted by Gasteiger charge is -2.28. The number of carbonyl (C=O) groups is 1. The lowest BCUT2D eigenvalue weighted by atomic mass is 9.87. The molecule has 0 radical (unpaired) electrons. The van der Waals surface area contributed by atoms with Crippen LogP contribution >= 0.6 is 0 Å². The van der Waals surface area contributed by atoms with Crippen LogP contribution in [0.4, 0.5) is 0 Å². The van der Waals surface area contributed by atoms with E-state index < -0.39 is 0 Å². The van der Waals surface area contributed by atoms with Crippen LogP contribution in [-0.2, 0) is 11.3 Å². The van der Waals surface area contributed by atoms with E-state index in [4.69, 9.17) is 0 Å². The molecule has 138 valence electrons. The number of allylic oxidation sites excluding steroid dienone is 1. The predicted octanol–water partition coefficient (Wildman–Crippen LogP) is 3.53. The minimum Gasteiger partial charge on any atom is -0.389 e. The Morgan fingerprint density at radius 3 is 2.96 bits per heavy atom. The molecule has 0 aromatic heterocycles. The maximum absolute atomic E-state index is 11.6. The van der Waals surface area contributed by atoms with Gasteiger partial charge in [-0.15, -0.1) is 6.58 Å². The van der Waals surface area contributed by atoms with Crippen molar-refractivity contribution in [2.75, 3.05) is 13.6 Å². The van der Waals surface area contributed by atoms with Gasteiger partial charge in [0.25, 0.3) is 0 Å². The van der Waals surface area contributed by atoms with Gasteiger partial charge >= 0.3 is 0 Å². The Labute approximate surface area is 156 Å². The zero-order valence-corrected chi connectivity index (χ0v) is 15.7. The Bertz CT molecular complexity index is 737. The fourth-order valence-electron chi connectivity index (χ4n) is 4.02. The number of rotatable bonds is 6. The number of hydrogen-bond acceptors (Lipinski definition) is 3. The lowest BCUT2D eigenvalue weighted by molar-refractivity contribution is -0.120. The van der Waals surface area contributed by atoms with Crippen LogP contribution in [0.15, 0.2) is 49.7 Å². The van der Waals surface area contributed by atoms with Crippen LogP contribution in [0.25, 0.3) is 5.70 Å². The van der Waals surface area contributed by atoms with Crippen molar-refractivity contribution in [3.63, 3.8) is 0 Å². The van der Waals surface area contributed by atoms with Gasteiger partial charge in [-0.05, 0) is 36.3 Å². The van der Waals surface area contributed by atoms with Crippen LogP contribution < -0.4 is 10.6 Å². The fraction of sp³-hybridized carbons (Fsp3) is 0.409. The van der Waals surface area contributed by atoms with Gasteiger partial charge in [0.2, 0.25) is 5.91 Å². The molecular weight excluding hydrogens is 322 g/mol. The van der Waals surface area contributed by atoms with Crippen LogP contribution in [0.2, 0.25) is 0 Å². The number of amides is 1. The van der Waals surface area contributed by atoms with Crippen LogP contribution in [-0.4, -0.2) is 30.4 Å². The molecule has 4 nitrogen and oxygen atoms in total. The van der Waals surface area contributed by atoms with Crippen molar-refractivity contribution in [1.82, 2.24) is 15.5 Å². The van der Waals surface area contributed by atoms with Gasteiger partial charge in [0.1, 0.15) is 0 Å². The summed E-state index contributed by atoms with van der Waals surface area (Å²) in [5.74, 6) is 0.604. The summed E-state index contributed by atoms with van der Waals surface area (Å²) in [4.78, 5) is 13.9. The second kappa shape index (κ2) is 7.81. The first kappa shape index (κ1) is 18.3. The molecule has 1 aromatic carbocycles. The van der Waals surface area contributed by atoms with Crippen LogP contribution in [0.1, 0.15) is 48.3 Å². The van der Waals surface area contributed by atoms with Crippen LogP contribution in [0, 0.1) is 0 Å². The Morgan fingerprint density at radius 2 is 2.27 bits per heavy atom. The number of nitrogens with one attached hydrogen (secondary N) is 2. The molecule has 1 saturated heterocycles. The second-order valence-corrected chi connectivity index (χ2v) is 7.23. The SMILES string of the molecule is C=CC(CCC(=O)NC)N1Cc2cc(C3CCNC(=C)C3)ccc2C1=C. The van der Waals surface area contributed by atoms with E-state index in [1.54, 1.807) is 7.05 Å². The maximum atomic E-state index is 11.6. The Morgan fingerprint density at radius 1 is 1.46 bits per heavy atom. The first-order chi connectivity index (χ1) is 12.5. The summed E-state index contributed by atoms with van der Waals surface area (Å²) >= 11 is 0. The molecule has 0 saturated carbocycles. The molecule has 0 bridgehead atoms. The molecule has 4 heteroatoms. The van der Waals surface area contributed by atoms with Crippen molar-refractivity contribution in [3.05, 3.63) is 66.4 Å². The number of nitrogens with zero attached hydrogens (tertiary/aromatic N) is 1. The summed E-state index contributed by atoms with van der Waals surface area (Å²) in [6.45, 7) is 14.2. The minimum absolute atomic E-state index is 0.0626. The Hall–Kier alpha value is -2.49. The second-order valence-electron chi connectivity index (χ2n) is 7.23. The molecule has 0 spiro atoms. The largest absolute Gasteiger partial charge is 0.389 e. The molecule has 26 heavy (non-hydrogen) atoms. The van der Waals surface area contributed by atoms with Crippen molar-refractivity contribution in [2.24, 2.45) is 0 Å². The van der Waals surface area contributed by atoms with Crippen molar-refractivity contribution in [1.29, 1.82) is 0 Å². The molecule has 2 N–H and O–H groups in total. The third-order valence-corrected chi connectivity index (χ3v) is 5.58. The normalized spacial score (nSPS) is 20.3. The highest BCUT2D eigenvalue weighted by Gasteiger charge is 2.28. The molecule has 2 atom stereocenters. The average molecular weight is 351 g/mol. The number of hydrogen-bond donors (Lipinski definition) is 2. The molecule has 1 amide bonds. The fourth-order valence-corrected chi connectivity index (χ4v) is 4.02. The third-order valence-electron chi connectivity index (χ3n) is 5.58.